The fourth-order valence-corrected chi connectivity index (χ4v) is 3.76. The molecule has 0 aromatic heterocycles. The van der Waals surface area contributed by atoms with E-state index in [2.05, 4.69) is 10.6 Å². The lowest BCUT2D eigenvalue weighted by Gasteiger charge is -2.27. The van der Waals surface area contributed by atoms with Crippen LogP contribution < -0.4 is 20.4 Å². The summed E-state index contributed by atoms with van der Waals surface area (Å²) in [6.07, 6.45) is 0. The van der Waals surface area contributed by atoms with E-state index >= 15 is 0 Å². The molecule has 0 spiro atoms. The van der Waals surface area contributed by atoms with Gasteiger partial charge in [-0.2, -0.15) is 0 Å². The van der Waals surface area contributed by atoms with E-state index < -0.39 is 23.8 Å². The Morgan fingerprint density at radius 3 is 1.75 bits per heavy atom. The molecule has 1 heterocycles. The van der Waals surface area contributed by atoms with E-state index in [-0.39, 0.29) is 18.4 Å². The molecule has 0 fully saturated rings. The molecule has 0 radical (unpaired) electrons. The first-order valence-corrected chi connectivity index (χ1v) is 11.1. The number of hydrogen-bond acceptors (Lipinski definition) is 4. The van der Waals surface area contributed by atoms with Crippen LogP contribution in [0.4, 0.5) is 17.1 Å². The van der Waals surface area contributed by atoms with Gasteiger partial charge in [-0.15, -0.1) is 0 Å². The second-order valence-corrected chi connectivity index (χ2v) is 8.89. The Bertz CT molecular complexity index is 910. The van der Waals surface area contributed by atoms with Crippen LogP contribution in [0, 0.1) is 11.8 Å². The van der Waals surface area contributed by atoms with Crippen molar-refractivity contribution < 1.29 is 14.4 Å². The third-order valence-corrected chi connectivity index (χ3v) is 5.12. The lowest BCUT2D eigenvalue weighted by molar-refractivity contribution is -0.133. The highest BCUT2D eigenvalue weighted by Crippen LogP contribution is 2.34. The van der Waals surface area contributed by atoms with Crippen molar-refractivity contribution in [1.29, 1.82) is 0 Å². The second kappa shape index (κ2) is 10.3. The van der Waals surface area contributed by atoms with Crippen LogP contribution in [0.25, 0.3) is 0 Å². The lowest BCUT2D eigenvalue weighted by Crippen LogP contribution is -2.57. The first-order chi connectivity index (χ1) is 15.3. The molecule has 3 rings (SSSR count). The average Bonchev–Trinajstić information content (AvgIpc) is 2.84. The molecule has 0 saturated carbocycles. The zero-order valence-corrected chi connectivity index (χ0v) is 19.2. The number of rotatable bonds is 8. The fraction of sp³-hybridized carbons (Fsp3) is 0.400. The Morgan fingerprint density at radius 2 is 1.28 bits per heavy atom. The van der Waals surface area contributed by atoms with Crippen molar-refractivity contribution in [2.75, 3.05) is 34.8 Å². The van der Waals surface area contributed by atoms with Gasteiger partial charge in [-0.3, -0.25) is 14.4 Å². The van der Waals surface area contributed by atoms with Crippen LogP contribution in [0.15, 0.2) is 54.6 Å². The number of para-hydroxylation sites is 3. The zero-order valence-electron chi connectivity index (χ0n) is 19.2. The van der Waals surface area contributed by atoms with Crippen molar-refractivity contribution in [1.82, 2.24) is 5.32 Å². The molecule has 0 aliphatic carbocycles. The van der Waals surface area contributed by atoms with Gasteiger partial charge in [0.25, 0.3) is 11.8 Å². The van der Waals surface area contributed by atoms with E-state index in [9.17, 15) is 14.4 Å². The highest BCUT2D eigenvalue weighted by atomic mass is 16.2. The van der Waals surface area contributed by atoms with Crippen molar-refractivity contribution in [2.24, 2.45) is 11.8 Å². The molecule has 170 valence electrons. The number of nitrogens with one attached hydrogen (secondary N) is 2. The summed E-state index contributed by atoms with van der Waals surface area (Å²) in [5.41, 5.74) is 2.18. The Hall–Kier alpha value is -3.35. The van der Waals surface area contributed by atoms with Gasteiger partial charge in [-0.1, -0.05) is 58.0 Å². The number of hydrogen-bond donors (Lipinski definition) is 2. The zero-order chi connectivity index (χ0) is 23.3. The smallest absolute Gasteiger partial charge is 0.259 e. The highest BCUT2D eigenvalue weighted by molar-refractivity contribution is 6.21. The number of carbonyl (C=O) groups excluding carboxylic acids is 3. The summed E-state index contributed by atoms with van der Waals surface area (Å²) in [6, 6.07) is 15.5. The van der Waals surface area contributed by atoms with E-state index in [0.717, 1.165) is 5.69 Å². The monoisotopic (exact) mass is 436 g/mol. The molecule has 0 saturated heterocycles. The topological polar surface area (TPSA) is 81.8 Å². The minimum atomic E-state index is -1.27. The molecule has 1 aliphatic heterocycles. The maximum Gasteiger partial charge on any atom is 0.259 e. The van der Waals surface area contributed by atoms with Crippen LogP contribution >= 0.6 is 0 Å². The summed E-state index contributed by atoms with van der Waals surface area (Å²) >= 11 is 0. The van der Waals surface area contributed by atoms with E-state index in [0.29, 0.717) is 24.5 Å². The van der Waals surface area contributed by atoms with Crippen molar-refractivity contribution in [3.63, 3.8) is 0 Å². The van der Waals surface area contributed by atoms with E-state index in [1.54, 1.807) is 9.80 Å². The van der Waals surface area contributed by atoms with Gasteiger partial charge in [0, 0.05) is 18.8 Å². The van der Waals surface area contributed by atoms with Crippen molar-refractivity contribution in [2.45, 2.75) is 33.7 Å². The number of nitrogens with zero attached hydrogens (tertiary/aromatic N) is 2. The predicted octanol–water partition coefficient (Wildman–Crippen LogP) is 3.28. The molecule has 3 amide bonds. The van der Waals surface area contributed by atoms with Crippen molar-refractivity contribution >= 4 is 34.8 Å². The number of amides is 3. The maximum absolute atomic E-state index is 13.5. The normalized spacial score (nSPS) is 14.6. The summed E-state index contributed by atoms with van der Waals surface area (Å²) < 4.78 is 0. The summed E-state index contributed by atoms with van der Waals surface area (Å²) in [5.74, 6) is -0.851. The van der Waals surface area contributed by atoms with E-state index in [1.165, 1.54) is 0 Å². The second-order valence-electron chi connectivity index (χ2n) is 8.89. The summed E-state index contributed by atoms with van der Waals surface area (Å²) in [7, 11) is 0. The molecule has 0 bridgehead atoms. The van der Waals surface area contributed by atoms with Crippen molar-refractivity contribution in [3.05, 3.63) is 54.6 Å². The molecule has 7 heteroatoms. The molecule has 0 atom stereocenters. The summed E-state index contributed by atoms with van der Waals surface area (Å²) in [4.78, 5) is 43.0. The SMILES string of the molecule is CC(C)CN1C(=O)C(NC(=O)CNc2ccccc2)C(=O)N(CC(C)C)c2ccccc21. The summed E-state index contributed by atoms with van der Waals surface area (Å²) in [5, 5.41) is 5.71. The molecule has 2 aromatic carbocycles. The Balaban J connectivity index is 1.90. The molecule has 0 unspecified atom stereocenters. The number of anilines is 3. The first-order valence-electron chi connectivity index (χ1n) is 11.1. The fourth-order valence-electron chi connectivity index (χ4n) is 3.76. The van der Waals surface area contributed by atoms with Crippen LogP contribution in [0.5, 0.6) is 0 Å². The summed E-state index contributed by atoms with van der Waals surface area (Å²) in [6.45, 7) is 8.94. The third-order valence-electron chi connectivity index (χ3n) is 5.12. The predicted molar refractivity (Wildman–Crippen MR) is 128 cm³/mol. The number of carbonyl (C=O) groups is 3. The quantitative estimate of drug-likeness (QED) is 0.623. The maximum atomic E-state index is 13.5. The standard InChI is InChI=1S/C25H32N4O3/c1-17(2)15-28-20-12-8-9-13-21(20)29(16-18(3)4)25(32)23(24(28)31)27-22(30)14-26-19-10-6-5-7-11-19/h5-13,17-18,23,26H,14-16H2,1-4H3,(H,27,30). The van der Waals surface area contributed by atoms with Crippen molar-refractivity contribution in [3.8, 4) is 0 Å². The molecule has 32 heavy (non-hydrogen) atoms. The molecule has 2 N–H and O–H groups in total. The number of fused-ring (bicyclic) bond motifs is 1. The van der Waals surface area contributed by atoms with Crippen LogP contribution in [-0.2, 0) is 14.4 Å². The van der Waals surface area contributed by atoms with Gasteiger partial charge in [0.2, 0.25) is 5.91 Å². The minimum Gasteiger partial charge on any atom is -0.376 e. The minimum absolute atomic E-state index is 0.0393. The first kappa shape index (κ1) is 23.3. The van der Waals surface area contributed by atoms with Crippen LogP contribution in [0.1, 0.15) is 27.7 Å². The third kappa shape index (κ3) is 5.46. The molecule has 2 aromatic rings. The van der Waals surface area contributed by atoms with Gasteiger partial charge in [-0.05, 0) is 36.1 Å². The van der Waals surface area contributed by atoms with E-state index in [4.69, 9.17) is 0 Å². The molecule has 7 nitrogen and oxygen atoms in total. The Labute approximate surface area is 189 Å². The Kier molecular flexibility index (Phi) is 7.51. The van der Waals surface area contributed by atoms with Gasteiger partial charge in [0.1, 0.15) is 0 Å². The molecule has 1 aliphatic rings. The van der Waals surface area contributed by atoms with Crippen LogP contribution in [-0.4, -0.2) is 43.4 Å². The molecular weight excluding hydrogens is 404 g/mol. The Morgan fingerprint density at radius 1 is 0.812 bits per heavy atom. The molecular formula is C25H32N4O3. The van der Waals surface area contributed by atoms with E-state index in [1.807, 2.05) is 82.3 Å². The largest absolute Gasteiger partial charge is 0.376 e. The van der Waals surface area contributed by atoms with Gasteiger partial charge in [0.15, 0.2) is 6.04 Å². The number of benzene rings is 2. The highest BCUT2D eigenvalue weighted by Gasteiger charge is 2.41. The van der Waals surface area contributed by atoms with Gasteiger partial charge in [-0.25, -0.2) is 0 Å². The van der Waals surface area contributed by atoms with Crippen LogP contribution in [0.3, 0.4) is 0 Å². The van der Waals surface area contributed by atoms with Gasteiger partial charge < -0.3 is 20.4 Å². The lowest BCUT2D eigenvalue weighted by atomic mass is 10.1. The average molecular weight is 437 g/mol. The van der Waals surface area contributed by atoms with Gasteiger partial charge in [0.05, 0.1) is 17.9 Å². The van der Waals surface area contributed by atoms with Gasteiger partial charge >= 0.3 is 0 Å². The van der Waals surface area contributed by atoms with Crippen LogP contribution in [0.2, 0.25) is 0 Å².